The van der Waals surface area contributed by atoms with Gasteiger partial charge >= 0.3 is 5.97 Å². The number of carboxylic acid groups (broad SMARTS) is 1. The van der Waals surface area contributed by atoms with E-state index in [2.05, 4.69) is 0 Å². The van der Waals surface area contributed by atoms with Crippen LogP contribution in [0.15, 0.2) is 0 Å². The van der Waals surface area contributed by atoms with Crippen LogP contribution in [0.5, 0.6) is 0 Å². The summed E-state index contributed by atoms with van der Waals surface area (Å²) in [5.74, 6) is -0.762. The van der Waals surface area contributed by atoms with Crippen molar-refractivity contribution in [2.75, 3.05) is 19.8 Å². The second-order valence-electron chi connectivity index (χ2n) is 5.09. The normalized spacial score (nSPS) is 22.0. The van der Waals surface area contributed by atoms with Crippen LogP contribution in [0.1, 0.15) is 26.7 Å². The summed E-state index contributed by atoms with van der Waals surface area (Å²) >= 11 is 0. The number of hydrogen-bond donors (Lipinski definition) is 2. The molecular formula is C12H22N2O4. The van der Waals surface area contributed by atoms with Crippen LogP contribution in [0, 0.1) is 5.92 Å². The summed E-state index contributed by atoms with van der Waals surface area (Å²) < 4.78 is 5.23. The Morgan fingerprint density at radius 2 is 2.17 bits per heavy atom. The molecule has 2 atom stereocenters. The second kappa shape index (κ2) is 6.70. The van der Waals surface area contributed by atoms with Gasteiger partial charge in [0.25, 0.3) is 0 Å². The Morgan fingerprint density at radius 3 is 2.72 bits per heavy atom. The highest BCUT2D eigenvalue weighted by atomic mass is 16.5. The van der Waals surface area contributed by atoms with Gasteiger partial charge in [-0.25, -0.2) is 0 Å². The highest BCUT2D eigenvalue weighted by Crippen LogP contribution is 2.14. The van der Waals surface area contributed by atoms with Gasteiger partial charge in [0.05, 0.1) is 31.7 Å². The zero-order valence-corrected chi connectivity index (χ0v) is 11.0. The van der Waals surface area contributed by atoms with E-state index in [0.29, 0.717) is 25.5 Å². The van der Waals surface area contributed by atoms with Crippen molar-refractivity contribution >= 4 is 11.9 Å². The third kappa shape index (κ3) is 4.27. The van der Waals surface area contributed by atoms with Gasteiger partial charge in [-0.15, -0.1) is 0 Å². The Labute approximate surface area is 107 Å². The molecule has 1 saturated heterocycles. The van der Waals surface area contributed by atoms with E-state index in [1.165, 1.54) is 0 Å². The largest absolute Gasteiger partial charge is 0.481 e. The summed E-state index contributed by atoms with van der Waals surface area (Å²) in [5.41, 5.74) is 5.86. The minimum atomic E-state index is -0.930. The first-order chi connectivity index (χ1) is 8.41. The van der Waals surface area contributed by atoms with Crippen LogP contribution in [0.2, 0.25) is 0 Å². The van der Waals surface area contributed by atoms with E-state index in [9.17, 15) is 9.59 Å². The molecule has 1 aliphatic heterocycles. The molecule has 1 aliphatic rings. The summed E-state index contributed by atoms with van der Waals surface area (Å²) in [5, 5.41) is 8.82. The lowest BCUT2D eigenvalue weighted by molar-refractivity contribution is -0.147. The minimum Gasteiger partial charge on any atom is -0.481 e. The molecule has 1 rings (SSSR count). The molecule has 1 amide bonds. The van der Waals surface area contributed by atoms with Crippen molar-refractivity contribution in [3.05, 3.63) is 0 Å². The first-order valence-corrected chi connectivity index (χ1v) is 6.27. The number of nitrogens with zero attached hydrogens (tertiary/aromatic N) is 1. The molecular weight excluding hydrogens is 236 g/mol. The second-order valence-corrected chi connectivity index (χ2v) is 5.09. The van der Waals surface area contributed by atoms with Crippen molar-refractivity contribution in [3.8, 4) is 0 Å². The number of rotatable bonds is 5. The van der Waals surface area contributed by atoms with Crippen LogP contribution < -0.4 is 5.73 Å². The number of nitrogens with two attached hydrogens (primary N) is 1. The molecule has 6 nitrogen and oxygen atoms in total. The van der Waals surface area contributed by atoms with Gasteiger partial charge in [0.15, 0.2) is 0 Å². The van der Waals surface area contributed by atoms with Crippen LogP contribution in [-0.2, 0) is 14.3 Å². The van der Waals surface area contributed by atoms with Crippen molar-refractivity contribution in [2.45, 2.75) is 38.8 Å². The fraction of sp³-hybridized carbons (Fsp3) is 0.833. The van der Waals surface area contributed by atoms with Gasteiger partial charge in [0.1, 0.15) is 0 Å². The van der Waals surface area contributed by atoms with Crippen molar-refractivity contribution in [1.82, 2.24) is 4.90 Å². The van der Waals surface area contributed by atoms with Crippen molar-refractivity contribution in [3.63, 3.8) is 0 Å². The van der Waals surface area contributed by atoms with Crippen LogP contribution in [0.25, 0.3) is 0 Å². The number of carbonyl (C=O) groups excluding carboxylic acids is 1. The van der Waals surface area contributed by atoms with E-state index in [1.807, 2.05) is 13.8 Å². The van der Waals surface area contributed by atoms with Crippen molar-refractivity contribution in [1.29, 1.82) is 0 Å². The average molecular weight is 258 g/mol. The number of carboxylic acids is 1. The van der Waals surface area contributed by atoms with Gasteiger partial charge in [-0.05, 0) is 12.3 Å². The summed E-state index contributed by atoms with van der Waals surface area (Å²) in [6.07, 6.45) is 0.510. The van der Waals surface area contributed by atoms with E-state index < -0.39 is 18.1 Å². The van der Waals surface area contributed by atoms with Gasteiger partial charge < -0.3 is 20.5 Å². The molecule has 18 heavy (non-hydrogen) atoms. The lowest BCUT2D eigenvalue weighted by Gasteiger charge is -2.36. The number of aliphatic carboxylic acids is 1. The zero-order valence-electron chi connectivity index (χ0n) is 11.0. The fourth-order valence-electron chi connectivity index (χ4n) is 2.14. The van der Waals surface area contributed by atoms with Gasteiger partial charge in [-0.2, -0.15) is 0 Å². The van der Waals surface area contributed by atoms with E-state index >= 15 is 0 Å². The number of hydrogen-bond acceptors (Lipinski definition) is 4. The number of morpholine rings is 1. The maximum absolute atomic E-state index is 12.2. The molecule has 0 bridgehead atoms. The molecule has 1 fully saturated rings. The van der Waals surface area contributed by atoms with Crippen LogP contribution >= 0.6 is 0 Å². The van der Waals surface area contributed by atoms with E-state index in [0.717, 1.165) is 0 Å². The molecule has 3 N–H and O–H groups in total. The lowest BCUT2D eigenvalue weighted by atomic mass is 10.0. The Balaban J connectivity index is 2.64. The van der Waals surface area contributed by atoms with Crippen molar-refractivity contribution < 1.29 is 19.4 Å². The SMILES string of the molecule is CC(C)CC(N)C(=O)N1CCOCC1CC(=O)O. The van der Waals surface area contributed by atoms with E-state index in [4.69, 9.17) is 15.6 Å². The smallest absolute Gasteiger partial charge is 0.305 e. The third-order valence-corrected chi connectivity index (χ3v) is 2.96. The summed E-state index contributed by atoms with van der Waals surface area (Å²) in [4.78, 5) is 24.5. The van der Waals surface area contributed by atoms with Crippen LogP contribution in [0.3, 0.4) is 0 Å². The number of amides is 1. The monoisotopic (exact) mass is 258 g/mol. The molecule has 2 unspecified atom stereocenters. The molecule has 0 saturated carbocycles. The van der Waals surface area contributed by atoms with Crippen LogP contribution in [-0.4, -0.2) is 53.7 Å². The number of carbonyl (C=O) groups is 2. The van der Waals surface area contributed by atoms with Gasteiger partial charge in [-0.3, -0.25) is 9.59 Å². The highest BCUT2D eigenvalue weighted by Gasteiger charge is 2.31. The first kappa shape index (κ1) is 14.9. The van der Waals surface area contributed by atoms with E-state index in [1.54, 1.807) is 4.90 Å². The van der Waals surface area contributed by atoms with Gasteiger partial charge in [0, 0.05) is 6.54 Å². The Hall–Kier alpha value is -1.14. The van der Waals surface area contributed by atoms with Crippen LogP contribution in [0.4, 0.5) is 0 Å². The first-order valence-electron chi connectivity index (χ1n) is 6.27. The lowest BCUT2D eigenvalue weighted by Crippen LogP contribution is -2.54. The third-order valence-electron chi connectivity index (χ3n) is 2.96. The molecule has 1 heterocycles. The molecule has 0 spiro atoms. The Bertz CT molecular complexity index is 306. The molecule has 0 aromatic carbocycles. The Morgan fingerprint density at radius 1 is 1.50 bits per heavy atom. The minimum absolute atomic E-state index is 0.0971. The van der Waals surface area contributed by atoms with E-state index in [-0.39, 0.29) is 18.9 Å². The predicted octanol–water partition coefficient (Wildman–Crippen LogP) is 0.0619. The molecule has 0 radical (unpaired) electrons. The quantitative estimate of drug-likeness (QED) is 0.727. The molecule has 0 aromatic heterocycles. The fourth-order valence-corrected chi connectivity index (χ4v) is 2.14. The predicted molar refractivity (Wildman–Crippen MR) is 66.0 cm³/mol. The standard InChI is InChI=1S/C12H22N2O4/c1-8(2)5-10(13)12(17)14-3-4-18-7-9(14)6-11(15)16/h8-10H,3-7,13H2,1-2H3,(H,15,16). The molecule has 6 heteroatoms. The summed E-state index contributed by atoms with van der Waals surface area (Å²) in [6, 6.07) is -0.957. The van der Waals surface area contributed by atoms with Gasteiger partial charge in [-0.1, -0.05) is 13.8 Å². The molecule has 104 valence electrons. The topological polar surface area (TPSA) is 92.9 Å². The molecule has 0 aromatic rings. The Kier molecular flexibility index (Phi) is 5.55. The summed E-state index contributed by atoms with van der Waals surface area (Å²) in [7, 11) is 0. The average Bonchev–Trinajstić information content (AvgIpc) is 2.27. The maximum atomic E-state index is 12.2. The van der Waals surface area contributed by atoms with Gasteiger partial charge in [0.2, 0.25) is 5.91 Å². The van der Waals surface area contributed by atoms with Crippen molar-refractivity contribution in [2.24, 2.45) is 11.7 Å². The zero-order chi connectivity index (χ0) is 13.7. The summed E-state index contributed by atoms with van der Waals surface area (Å²) in [6.45, 7) is 5.13. The highest BCUT2D eigenvalue weighted by molar-refractivity contribution is 5.82. The maximum Gasteiger partial charge on any atom is 0.305 e. The number of ether oxygens (including phenoxy) is 1. The molecule has 0 aliphatic carbocycles.